The van der Waals surface area contributed by atoms with E-state index in [1.54, 1.807) is 0 Å². The maximum absolute atomic E-state index is 14.0. The van der Waals surface area contributed by atoms with E-state index in [4.69, 9.17) is 4.74 Å². The van der Waals surface area contributed by atoms with Crippen molar-refractivity contribution < 1.29 is 31.8 Å². The molecule has 0 bridgehead atoms. The molecule has 0 aromatic heterocycles. The third kappa shape index (κ3) is 6.21. The van der Waals surface area contributed by atoms with Gasteiger partial charge in [-0.05, 0) is 12.8 Å². The number of halogens is 4. The molecule has 0 radical (unpaired) electrons. The maximum atomic E-state index is 14.0. The lowest BCUT2D eigenvalue weighted by Crippen LogP contribution is -2.11. The van der Waals surface area contributed by atoms with Crippen LogP contribution in [0.4, 0.5) is 17.6 Å². The highest BCUT2D eigenvalue weighted by molar-refractivity contribution is 5.69. The fourth-order valence-electron chi connectivity index (χ4n) is 2.39. The monoisotopic (exact) mass is 364 g/mol. The van der Waals surface area contributed by atoms with Crippen molar-refractivity contribution in [3.8, 4) is 5.75 Å². The first-order valence-corrected chi connectivity index (χ1v) is 8.48. The Kier molecular flexibility index (Phi) is 9.31. The lowest BCUT2D eigenvalue weighted by atomic mass is 10.1. The zero-order valence-electron chi connectivity index (χ0n) is 14.6. The number of hydrogen-bond acceptors (Lipinski definition) is 3. The van der Waals surface area contributed by atoms with Crippen LogP contribution in [0.1, 0.15) is 57.4 Å². The number of carbonyl (C=O) groups excluding carboxylic acids is 1. The van der Waals surface area contributed by atoms with Crippen molar-refractivity contribution in [1.82, 2.24) is 0 Å². The summed E-state index contributed by atoms with van der Waals surface area (Å²) in [4.78, 5) is 11.0. The zero-order valence-corrected chi connectivity index (χ0v) is 14.6. The van der Waals surface area contributed by atoms with Crippen molar-refractivity contribution in [2.45, 2.75) is 58.3 Å². The van der Waals surface area contributed by atoms with Crippen LogP contribution in [0.15, 0.2) is 0 Å². The van der Waals surface area contributed by atoms with Crippen molar-refractivity contribution in [3.63, 3.8) is 0 Å². The van der Waals surface area contributed by atoms with Gasteiger partial charge in [0, 0.05) is 12.0 Å². The highest BCUT2D eigenvalue weighted by Crippen LogP contribution is 2.31. The number of carbonyl (C=O) groups is 1. The lowest BCUT2D eigenvalue weighted by Gasteiger charge is -2.13. The van der Waals surface area contributed by atoms with Gasteiger partial charge in [-0.25, -0.2) is 8.78 Å². The van der Waals surface area contributed by atoms with Crippen LogP contribution in [0.2, 0.25) is 0 Å². The Morgan fingerprint density at radius 2 is 1.44 bits per heavy atom. The molecule has 0 saturated carbocycles. The summed E-state index contributed by atoms with van der Waals surface area (Å²) in [5, 5.41) is 0. The van der Waals surface area contributed by atoms with E-state index in [2.05, 4.69) is 11.7 Å². The van der Waals surface area contributed by atoms with Gasteiger partial charge in [-0.1, -0.05) is 39.0 Å². The highest BCUT2D eigenvalue weighted by Gasteiger charge is 2.26. The fraction of sp³-hybridized carbons (Fsp3) is 0.611. The van der Waals surface area contributed by atoms with Crippen LogP contribution in [0.3, 0.4) is 0 Å². The van der Waals surface area contributed by atoms with Crippen LogP contribution >= 0.6 is 0 Å². The molecule has 0 saturated heterocycles. The molecule has 142 valence electrons. The van der Waals surface area contributed by atoms with Gasteiger partial charge in [0.25, 0.3) is 0 Å². The third-order valence-electron chi connectivity index (χ3n) is 3.87. The molecule has 1 aromatic carbocycles. The van der Waals surface area contributed by atoms with E-state index >= 15 is 0 Å². The summed E-state index contributed by atoms with van der Waals surface area (Å²) in [5.74, 6) is -8.02. The summed E-state index contributed by atoms with van der Waals surface area (Å²) < 4.78 is 65.1. The minimum atomic E-state index is -1.58. The van der Waals surface area contributed by atoms with Crippen molar-refractivity contribution in [2.75, 3.05) is 13.7 Å². The van der Waals surface area contributed by atoms with Gasteiger partial charge < -0.3 is 9.47 Å². The van der Waals surface area contributed by atoms with Gasteiger partial charge in [0.2, 0.25) is 11.6 Å². The average Bonchev–Trinajstić information content (AvgIpc) is 2.61. The first-order chi connectivity index (χ1) is 11.9. The normalized spacial score (nSPS) is 10.8. The Labute approximate surface area is 145 Å². The predicted octanol–water partition coefficient (Wildman–Crippen LogP) is 5.09. The molecular formula is C18H24F4O3. The number of esters is 1. The number of unbranched alkanes of at least 4 members (excludes halogenated alkanes) is 5. The van der Waals surface area contributed by atoms with Crippen molar-refractivity contribution in [1.29, 1.82) is 0 Å². The molecule has 0 atom stereocenters. The molecule has 0 aliphatic rings. The molecule has 7 heteroatoms. The summed E-state index contributed by atoms with van der Waals surface area (Å²) in [6, 6.07) is 0. The number of methoxy groups -OCH3 is 1. The maximum Gasteiger partial charge on any atom is 0.305 e. The average molecular weight is 364 g/mol. The molecule has 0 fully saturated rings. The van der Waals surface area contributed by atoms with Crippen LogP contribution in [-0.4, -0.2) is 19.7 Å². The highest BCUT2D eigenvalue weighted by atomic mass is 19.2. The smallest absolute Gasteiger partial charge is 0.305 e. The Morgan fingerprint density at radius 3 is 2.00 bits per heavy atom. The Bertz CT molecular complexity index is 547. The predicted molar refractivity (Wildman–Crippen MR) is 85.5 cm³/mol. The van der Waals surface area contributed by atoms with Crippen molar-refractivity contribution in [3.05, 3.63) is 28.8 Å². The Balaban J connectivity index is 2.71. The molecule has 0 heterocycles. The van der Waals surface area contributed by atoms with Crippen molar-refractivity contribution in [2.24, 2.45) is 0 Å². The molecule has 0 spiro atoms. The van der Waals surface area contributed by atoms with Gasteiger partial charge in [-0.2, -0.15) is 8.78 Å². The third-order valence-corrected chi connectivity index (χ3v) is 3.87. The van der Waals surface area contributed by atoms with Crippen LogP contribution < -0.4 is 4.74 Å². The standard InChI is InChI=1S/C18H24F4O3/c1-3-4-5-6-7-8-11-25-18-16(21)14(19)12(15(20)17(18)22)9-10-13(23)24-2/h3-11H2,1-2H3. The summed E-state index contributed by atoms with van der Waals surface area (Å²) in [6.07, 6.45) is 4.72. The zero-order chi connectivity index (χ0) is 18.8. The second-order valence-corrected chi connectivity index (χ2v) is 5.76. The van der Waals surface area contributed by atoms with Gasteiger partial charge in [0.05, 0.1) is 13.7 Å². The molecule has 0 aliphatic heterocycles. The van der Waals surface area contributed by atoms with Gasteiger partial charge in [0.15, 0.2) is 17.4 Å². The molecule has 0 amide bonds. The van der Waals surface area contributed by atoms with Crippen molar-refractivity contribution >= 4 is 5.97 Å². The van der Waals surface area contributed by atoms with Crippen LogP contribution in [0.5, 0.6) is 5.75 Å². The van der Waals surface area contributed by atoms with E-state index in [0.29, 0.717) is 6.42 Å². The summed E-state index contributed by atoms with van der Waals surface area (Å²) in [6.45, 7) is 2.06. The Hall–Kier alpha value is -1.79. The molecule has 1 rings (SSSR count). The second kappa shape index (κ2) is 10.9. The molecule has 1 aromatic rings. The van der Waals surface area contributed by atoms with Crippen LogP contribution in [-0.2, 0) is 16.0 Å². The van der Waals surface area contributed by atoms with E-state index < -0.39 is 47.0 Å². The van der Waals surface area contributed by atoms with E-state index in [9.17, 15) is 22.4 Å². The number of ether oxygens (including phenoxy) is 2. The number of hydrogen-bond donors (Lipinski definition) is 0. The Morgan fingerprint density at radius 1 is 0.880 bits per heavy atom. The molecule has 3 nitrogen and oxygen atoms in total. The molecular weight excluding hydrogens is 340 g/mol. The first-order valence-electron chi connectivity index (χ1n) is 8.48. The second-order valence-electron chi connectivity index (χ2n) is 5.76. The SMILES string of the molecule is CCCCCCCCOc1c(F)c(F)c(CCC(=O)OC)c(F)c1F. The van der Waals surface area contributed by atoms with E-state index in [0.717, 1.165) is 39.2 Å². The van der Waals surface area contributed by atoms with Gasteiger partial charge >= 0.3 is 5.97 Å². The van der Waals surface area contributed by atoms with Crippen LogP contribution in [0, 0.1) is 23.3 Å². The summed E-state index contributed by atoms with van der Waals surface area (Å²) in [7, 11) is 1.11. The summed E-state index contributed by atoms with van der Waals surface area (Å²) in [5.41, 5.74) is -0.827. The minimum Gasteiger partial charge on any atom is -0.487 e. The van der Waals surface area contributed by atoms with E-state index in [1.807, 2.05) is 0 Å². The van der Waals surface area contributed by atoms with Gasteiger partial charge in [-0.3, -0.25) is 4.79 Å². The van der Waals surface area contributed by atoms with Crippen LogP contribution in [0.25, 0.3) is 0 Å². The molecule has 0 aliphatic carbocycles. The molecule has 0 N–H and O–H groups in total. The fourth-order valence-corrected chi connectivity index (χ4v) is 2.39. The van der Waals surface area contributed by atoms with E-state index in [-0.39, 0.29) is 13.0 Å². The van der Waals surface area contributed by atoms with Gasteiger partial charge in [-0.15, -0.1) is 0 Å². The molecule has 25 heavy (non-hydrogen) atoms. The topological polar surface area (TPSA) is 35.5 Å². The van der Waals surface area contributed by atoms with E-state index in [1.165, 1.54) is 0 Å². The first kappa shape index (κ1) is 21.3. The quantitative estimate of drug-likeness (QED) is 0.237. The number of benzene rings is 1. The number of rotatable bonds is 11. The van der Waals surface area contributed by atoms with Gasteiger partial charge in [0.1, 0.15) is 0 Å². The summed E-state index contributed by atoms with van der Waals surface area (Å²) >= 11 is 0. The molecule has 0 unspecified atom stereocenters. The largest absolute Gasteiger partial charge is 0.487 e. The lowest BCUT2D eigenvalue weighted by molar-refractivity contribution is -0.140. The minimum absolute atomic E-state index is 0.0274.